The number of ether oxygens (including phenoxy) is 1. The lowest BCUT2D eigenvalue weighted by molar-refractivity contribution is 0.0466. The molecule has 0 radical (unpaired) electrons. The molecular weight excluding hydrogens is 176 g/mol. The summed E-state index contributed by atoms with van der Waals surface area (Å²) >= 11 is 0. The van der Waals surface area contributed by atoms with Crippen LogP contribution in [-0.2, 0) is 4.74 Å². The van der Waals surface area contributed by atoms with Crippen molar-refractivity contribution in [3.05, 3.63) is 0 Å². The van der Waals surface area contributed by atoms with Crippen LogP contribution >= 0.6 is 0 Å². The second-order valence-corrected chi connectivity index (χ2v) is 4.44. The third-order valence-corrected chi connectivity index (χ3v) is 3.13. The van der Waals surface area contributed by atoms with Gasteiger partial charge in [0.25, 0.3) is 0 Å². The summed E-state index contributed by atoms with van der Waals surface area (Å²) in [6, 6.07) is 2.37. The average molecular weight is 194 g/mol. The van der Waals surface area contributed by atoms with E-state index in [1.54, 1.807) is 0 Å². The van der Waals surface area contributed by atoms with Gasteiger partial charge in [-0.3, -0.25) is 0 Å². The molecule has 2 rings (SSSR count). The summed E-state index contributed by atoms with van der Waals surface area (Å²) < 4.78 is 5.40. The van der Waals surface area contributed by atoms with Gasteiger partial charge in [-0.15, -0.1) is 0 Å². The fourth-order valence-corrected chi connectivity index (χ4v) is 1.96. The molecule has 1 N–H and O–H groups in total. The minimum atomic E-state index is 0.0101. The summed E-state index contributed by atoms with van der Waals surface area (Å²) in [6.45, 7) is 2.65. The molecule has 1 aliphatic carbocycles. The molecule has 0 aromatic carbocycles. The predicted molar refractivity (Wildman–Crippen MR) is 53.7 cm³/mol. The topological polar surface area (TPSA) is 45.0 Å². The van der Waals surface area contributed by atoms with Crippen LogP contribution in [-0.4, -0.2) is 25.8 Å². The molecule has 78 valence electrons. The maximum atomic E-state index is 9.04. The lowest BCUT2D eigenvalue weighted by Gasteiger charge is -2.26. The van der Waals surface area contributed by atoms with Gasteiger partial charge >= 0.3 is 0 Å². The van der Waals surface area contributed by atoms with E-state index in [0.29, 0.717) is 5.92 Å². The van der Waals surface area contributed by atoms with Crippen molar-refractivity contribution >= 4 is 0 Å². The standard InChI is InChI=1S/C11H18N2O/c12-6-11(13-7-9-3-4-9)10-2-1-5-14-8-10/h9-11,13H,1-5,7-8H2. The molecule has 2 atom stereocenters. The Morgan fingerprint density at radius 2 is 2.29 bits per heavy atom. The van der Waals surface area contributed by atoms with E-state index in [1.807, 2.05) is 0 Å². The highest BCUT2D eigenvalue weighted by molar-refractivity contribution is 4.96. The molecule has 0 bridgehead atoms. The summed E-state index contributed by atoms with van der Waals surface area (Å²) in [7, 11) is 0. The Labute approximate surface area is 85.4 Å². The number of rotatable bonds is 4. The fourth-order valence-electron chi connectivity index (χ4n) is 1.96. The molecule has 2 fully saturated rings. The first-order valence-electron chi connectivity index (χ1n) is 5.61. The third kappa shape index (κ3) is 2.70. The molecule has 0 amide bonds. The van der Waals surface area contributed by atoms with E-state index in [0.717, 1.165) is 38.5 Å². The molecule has 14 heavy (non-hydrogen) atoms. The number of nitrogens with one attached hydrogen (secondary N) is 1. The molecule has 1 saturated heterocycles. The van der Waals surface area contributed by atoms with Gasteiger partial charge in [0, 0.05) is 12.5 Å². The van der Waals surface area contributed by atoms with Gasteiger partial charge in [-0.1, -0.05) is 0 Å². The van der Waals surface area contributed by atoms with E-state index in [2.05, 4.69) is 11.4 Å². The molecule has 3 nitrogen and oxygen atoms in total. The number of nitriles is 1. The van der Waals surface area contributed by atoms with Gasteiger partial charge in [0.2, 0.25) is 0 Å². The second kappa shape index (κ2) is 4.77. The van der Waals surface area contributed by atoms with Gasteiger partial charge in [-0.05, 0) is 38.1 Å². The van der Waals surface area contributed by atoms with Crippen LogP contribution in [0.3, 0.4) is 0 Å². The first kappa shape index (κ1) is 9.95. The Bertz CT molecular complexity index is 214. The zero-order chi connectivity index (χ0) is 9.80. The SMILES string of the molecule is N#CC(NCC1CC1)C1CCCOC1. The summed E-state index contributed by atoms with van der Waals surface area (Å²) in [6.07, 6.45) is 4.92. The lowest BCUT2D eigenvalue weighted by atomic mass is 9.94. The largest absolute Gasteiger partial charge is 0.381 e. The molecule has 1 aliphatic heterocycles. The van der Waals surface area contributed by atoms with Crippen molar-refractivity contribution in [2.45, 2.75) is 31.7 Å². The van der Waals surface area contributed by atoms with Crippen LogP contribution in [0.1, 0.15) is 25.7 Å². The van der Waals surface area contributed by atoms with Crippen molar-refractivity contribution in [1.29, 1.82) is 5.26 Å². The van der Waals surface area contributed by atoms with Gasteiger partial charge in [0.15, 0.2) is 0 Å². The molecule has 0 spiro atoms. The number of hydrogen-bond donors (Lipinski definition) is 1. The van der Waals surface area contributed by atoms with Crippen LogP contribution in [0.25, 0.3) is 0 Å². The predicted octanol–water partition coefficient (Wildman–Crippen LogP) is 1.30. The van der Waals surface area contributed by atoms with Crippen LogP contribution in [0.5, 0.6) is 0 Å². The van der Waals surface area contributed by atoms with Crippen molar-refractivity contribution in [3.8, 4) is 6.07 Å². The van der Waals surface area contributed by atoms with Crippen LogP contribution in [0.4, 0.5) is 0 Å². The fraction of sp³-hybridized carbons (Fsp3) is 0.909. The monoisotopic (exact) mass is 194 g/mol. The van der Waals surface area contributed by atoms with Crippen LogP contribution in [0, 0.1) is 23.2 Å². The first-order chi connectivity index (χ1) is 6.90. The molecule has 1 saturated carbocycles. The Morgan fingerprint density at radius 1 is 1.43 bits per heavy atom. The summed E-state index contributed by atoms with van der Waals surface area (Å²) in [5.41, 5.74) is 0. The van der Waals surface area contributed by atoms with Crippen molar-refractivity contribution in [2.24, 2.45) is 11.8 Å². The highest BCUT2D eigenvalue weighted by atomic mass is 16.5. The van der Waals surface area contributed by atoms with Crippen molar-refractivity contribution in [1.82, 2.24) is 5.32 Å². The number of hydrogen-bond acceptors (Lipinski definition) is 3. The second-order valence-electron chi connectivity index (χ2n) is 4.44. The molecule has 1 heterocycles. The van der Waals surface area contributed by atoms with Crippen molar-refractivity contribution < 1.29 is 4.74 Å². The molecule has 0 aromatic heterocycles. The summed E-state index contributed by atoms with van der Waals surface area (Å²) in [5.74, 6) is 1.25. The molecule has 0 aromatic rings. The maximum absolute atomic E-state index is 9.04. The van der Waals surface area contributed by atoms with E-state index in [4.69, 9.17) is 10.00 Å². The molecule has 2 aliphatic rings. The smallest absolute Gasteiger partial charge is 0.100 e. The van der Waals surface area contributed by atoms with Gasteiger partial charge in [0.05, 0.1) is 12.7 Å². The highest BCUT2D eigenvalue weighted by Crippen LogP contribution is 2.28. The lowest BCUT2D eigenvalue weighted by Crippen LogP contribution is -2.40. The Hall–Kier alpha value is -0.590. The zero-order valence-electron chi connectivity index (χ0n) is 8.54. The first-order valence-corrected chi connectivity index (χ1v) is 5.61. The average Bonchev–Trinajstić information content (AvgIpc) is 3.04. The Balaban J connectivity index is 1.75. The molecular formula is C11H18N2O. The maximum Gasteiger partial charge on any atom is 0.100 e. The van der Waals surface area contributed by atoms with Crippen LogP contribution in [0.15, 0.2) is 0 Å². The number of nitrogens with zero attached hydrogens (tertiary/aromatic N) is 1. The third-order valence-electron chi connectivity index (χ3n) is 3.13. The minimum absolute atomic E-state index is 0.0101. The Morgan fingerprint density at radius 3 is 2.86 bits per heavy atom. The quantitative estimate of drug-likeness (QED) is 0.733. The van der Waals surface area contributed by atoms with E-state index in [9.17, 15) is 0 Å². The summed E-state index contributed by atoms with van der Waals surface area (Å²) in [4.78, 5) is 0. The van der Waals surface area contributed by atoms with Gasteiger partial charge in [-0.25, -0.2) is 0 Å². The summed E-state index contributed by atoms with van der Waals surface area (Å²) in [5, 5.41) is 12.4. The van der Waals surface area contributed by atoms with Gasteiger partial charge < -0.3 is 10.1 Å². The van der Waals surface area contributed by atoms with Gasteiger partial charge in [0.1, 0.15) is 6.04 Å². The minimum Gasteiger partial charge on any atom is -0.381 e. The van der Waals surface area contributed by atoms with E-state index >= 15 is 0 Å². The van der Waals surface area contributed by atoms with Crippen LogP contribution in [0.2, 0.25) is 0 Å². The zero-order valence-corrected chi connectivity index (χ0v) is 8.54. The van der Waals surface area contributed by atoms with E-state index in [1.165, 1.54) is 12.8 Å². The van der Waals surface area contributed by atoms with Crippen molar-refractivity contribution in [3.63, 3.8) is 0 Å². The van der Waals surface area contributed by atoms with Crippen molar-refractivity contribution in [2.75, 3.05) is 19.8 Å². The molecule has 2 unspecified atom stereocenters. The Kier molecular flexibility index (Phi) is 3.39. The van der Waals surface area contributed by atoms with Crippen LogP contribution < -0.4 is 5.32 Å². The molecule has 3 heteroatoms. The van der Waals surface area contributed by atoms with E-state index in [-0.39, 0.29) is 6.04 Å². The van der Waals surface area contributed by atoms with Gasteiger partial charge in [-0.2, -0.15) is 5.26 Å². The van der Waals surface area contributed by atoms with E-state index < -0.39 is 0 Å². The normalized spacial score (nSPS) is 29.5. The highest BCUT2D eigenvalue weighted by Gasteiger charge is 2.27.